The minimum absolute atomic E-state index is 0.0161. The number of carbonyl (C=O) groups excluding carboxylic acids is 1. The quantitative estimate of drug-likeness (QED) is 0.497. The Hall–Kier alpha value is -3.72. The molecule has 0 aliphatic carbocycles. The number of likely N-dealkylation sites (tertiary alicyclic amines) is 2. The lowest BCUT2D eigenvalue weighted by Crippen LogP contribution is -2.37. The number of fused-ring (bicyclic) bond motifs is 2. The normalized spacial score (nSPS) is 20.2. The highest BCUT2D eigenvalue weighted by molar-refractivity contribution is 5.92. The molecule has 38 heavy (non-hydrogen) atoms. The fraction of sp³-hybridized carbons (Fsp3) is 0.448. The number of hydrogen-bond donors (Lipinski definition) is 1. The van der Waals surface area contributed by atoms with E-state index in [4.69, 9.17) is 19.4 Å². The summed E-state index contributed by atoms with van der Waals surface area (Å²) in [5.41, 5.74) is 5.08. The van der Waals surface area contributed by atoms with Crippen LogP contribution in [0.2, 0.25) is 0 Å². The molecule has 3 aliphatic heterocycles. The second kappa shape index (κ2) is 10.2. The molecule has 2 fully saturated rings. The summed E-state index contributed by atoms with van der Waals surface area (Å²) in [7, 11) is 2.14. The maximum atomic E-state index is 12.1. The van der Waals surface area contributed by atoms with Crippen molar-refractivity contribution in [2.75, 3.05) is 33.3 Å². The molecule has 0 unspecified atom stereocenters. The minimum Gasteiger partial charge on any atom is -0.462 e. The first-order chi connectivity index (χ1) is 18.5. The molecule has 1 N–H and O–H groups in total. The van der Waals surface area contributed by atoms with Crippen LogP contribution in [0.15, 0.2) is 37.1 Å². The number of nitrogens with one attached hydrogen (secondary N) is 1. The summed E-state index contributed by atoms with van der Waals surface area (Å²) in [6, 6.07) is 4.84. The zero-order chi connectivity index (χ0) is 26.2. The van der Waals surface area contributed by atoms with Gasteiger partial charge in [0.15, 0.2) is 0 Å². The van der Waals surface area contributed by atoms with Crippen molar-refractivity contribution in [2.24, 2.45) is 0 Å². The standard InChI is InChI=1S/C29H34N6O3/c1-4-25(36)35-14-11-19(12-15-35)27-21-8-10-24(26-18(2)7-9-23-22(26)16-30-33-23)38-28(21)32-29(31-27)37-17-20-6-5-13-34(20)3/h4,7,9-10,16,19-20H,1,5-6,8,11-15,17H2,2-3H3,(H,30,33)/t20-/m0/s1. The van der Waals surface area contributed by atoms with Crippen LogP contribution >= 0.6 is 0 Å². The van der Waals surface area contributed by atoms with E-state index in [2.05, 4.69) is 47.8 Å². The van der Waals surface area contributed by atoms with Gasteiger partial charge in [0.25, 0.3) is 0 Å². The number of H-pyrrole nitrogens is 1. The Morgan fingerprint density at radius 3 is 2.84 bits per heavy atom. The molecule has 2 aromatic heterocycles. The van der Waals surface area contributed by atoms with Crippen LogP contribution in [-0.4, -0.2) is 75.2 Å². The molecule has 2 saturated heterocycles. The van der Waals surface area contributed by atoms with Crippen molar-refractivity contribution in [1.82, 2.24) is 30.0 Å². The lowest BCUT2D eigenvalue weighted by Gasteiger charge is -2.32. The zero-order valence-electron chi connectivity index (χ0n) is 22.1. The lowest BCUT2D eigenvalue weighted by atomic mass is 9.89. The molecule has 0 saturated carbocycles. The molecule has 0 bridgehead atoms. The van der Waals surface area contributed by atoms with Gasteiger partial charge < -0.3 is 19.3 Å². The summed E-state index contributed by atoms with van der Waals surface area (Å²) in [5, 5.41) is 8.31. The predicted molar refractivity (Wildman–Crippen MR) is 145 cm³/mol. The Morgan fingerprint density at radius 1 is 1.24 bits per heavy atom. The molecule has 9 nitrogen and oxygen atoms in total. The molecular formula is C29H34N6O3. The van der Waals surface area contributed by atoms with Gasteiger partial charge in [-0.2, -0.15) is 15.1 Å². The van der Waals surface area contributed by atoms with Gasteiger partial charge in [-0.1, -0.05) is 12.6 Å². The van der Waals surface area contributed by atoms with Gasteiger partial charge in [-0.05, 0) is 70.0 Å². The average molecular weight is 515 g/mol. The van der Waals surface area contributed by atoms with Gasteiger partial charge in [0.05, 0.1) is 17.4 Å². The molecule has 0 spiro atoms. The maximum Gasteiger partial charge on any atom is 0.320 e. The Kier molecular flexibility index (Phi) is 6.61. The molecule has 1 amide bonds. The summed E-state index contributed by atoms with van der Waals surface area (Å²) >= 11 is 0. The number of ether oxygens (including phenoxy) is 2. The Morgan fingerprint density at radius 2 is 2.08 bits per heavy atom. The smallest absolute Gasteiger partial charge is 0.320 e. The number of aromatic amines is 1. The van der Waals surface area contributed by atoms with Crippen LogP contribution in [0.4, 0.5) is 0 Å². The number of nitrogens with zero attached hydrogens (tertiary/aromatic N) is 5. The highest BCUT2D eigenvalue weighted by Crippen LogP contribution is 2.40. The molecule has 6 rings (SSSR count). The van der Waals surface area contributed by atoms with E-state index in [9.17, 15) is 4.79 Å². The van der Waals surface area contributed by atoms with Crippen LogP contribution in [0, 0.1) is 6.92 Å². The van der Waals surface area contributed by atoms with Gasteiger partial charge in [0.1, 0.15) is 12.4 Å². The zero-order valence-corrected chi connectivity index (χ0v) is 22.1. The third-order valence-corrected chi connectivity index (χ3v) is 8.20. The van der Waals surface area contributed by atoms with Crippen LogP contribution in [0.25, 0.3) is 16.7 Å². The van der Waals surface area contributed by atoms with Crippen molar-refractivity contribution in [3.63, 3.8) is 0 Å². The monoisotopic (exact) mass is 514 g/mol. The van der Waals surface area contributed by atoms with E-state index in [1.54, 1.807) is 0 Å². The Balaban J connectivity index is 1.32. The molecule has 5 heterocycles. The summed E-state index contributed by atoms with van der Waals surface area (Å²) in [4.78, 5) is 26.0. The van der Waals surface area contributed by atoms with Crippen LogP contribution in [0.1, 0.15) is 54.0 Å². The number of rotatable bonds is 6. The van der Waals surface area contributed by atoms with Gasteiger partial charge >= 0.3 is 6.01 Å². The number of allylic oxidation sites excluding steroid dienone is 1. The van der Waals surface area contributed by atoms with Crippen LogP contribution < -0.4 is 9.47 Å². The van der Waals surface area contributed by atoms with E-state index in [1.165, 1.54) is 12.5 Å². The van der Waals surface area contributed by atoms with E-state index in [-0.39, 0.29) is 11.8 Å². The van der Waals surface area contributed by atoms with Crippen molar-refractivity contribution < 1.29 is 14.3 Å². The Bertz CT molecular complexity index is 1400. The van der Waals surface area contributed by atoms with Crippen molar-refractivity contribution in [3.8, 4) is 11.9 Å². The molecule has 198 valence electrons. The average Bonchev–Trinajstić information content (AvgIpc) is 3.59. The maximum absolute atomic E-state index is 12.1. The summed E-state index contributed by atoms with van der Waals surface area (Å²) in [6.07, 6.45) is 9.98. The minimum atomic E-state index is -0.0161. The fourth-order valence-corrected chi connectivity index (χ4v) is 5.95. The third kappa shape index (κ3) is 4.55. The predicted octanol–water partition coefficient (Wildman–Crippen LogP) is 4.00. The van der Waals surface area contributed by atoms with E-state index in [1.807, 2.05) is 17.2 Å². The van der Waals surface area contributed by atoms with Crippen LogP contribution in [0.5, 0.6) is 11.9 Å². The molecule has 9 heteroatoms. The van der Waals surface area contributed by atoms with E-state index in [0.29, 0.717) is 44.0 Å². The Labute approximate surface area is 222 Å². The molecule has 1 aromatic carbocycles. The first kappa shape index (κ1) is 24.6. The van der Waals surface area contributed by atoms with Crippen molar-refractivity contribution in [3.05, 3.63) is 59.4 Å². The molecule has 0 radical (unpaired) electrons. The van der Waals surface area contributed by atoms with Crippen LogP contribution in [-0.2, 0) is 11.2 Å². The summed E-state index contributed by atoms with van der Waals surface area (Å²) in [6.45, 7) is 8.72. The number of amides is 1. The third-order valence-electron chi connectivity index (χ3n) is 8.20. The number of hydrogen-bond acceptors (Lipinski definition) is 7. The number of aryl methyl sites for hydroxylation is 1. The van der Waals surface area contributed by atoms with Gasteiger partial charge in [-0.25, -0.2) is 0 Å². The van der Waals surface area contributed by atoms with E-state index in [0.717, 1.165) is 64.9 Å². The number of piperidine rings is 1. The van der Waals surface area contributed by atoms with Crippen molar-refractivity contribution >= 4 is 22.6 Å². The second-order valence-corrected chi connectivity index (χ2v) is 10.5. The molecule has 3 aromatic rings. The SMILES string of the molecule is C=CC(=O)N1CCC(c2nc(OC[C@@H]3CCCN3C)nc3c2CC=C(c2c(C)ccc4[nH]ncc24)O3)CC1. The van der Waals surface area contributed by atoms with Gasteiger partial charge in [0.2, 0.25) is 11.8 Å². The highest BCUT2D eigenvalue weighted by Gasteiger charge is 2.31. The first-order valence-corrected chi connectivity index (χ1v) is 13.5. The first-order valence-electron chi connectivity index (χ1n) is 13.5. The summed E-state index contributed by atoms with van der Waals surface area (Å²) in [5.74, 6) is 1.53. The lowest BCUT2D eigenvalue weighted by molar-refractivity contribution is -0.127. The number of likely N-dealkylation sites (N-methyl/N-ethyl adjacent to an activating group) is 1. The number of benzene rings is 1. The number of carbonyl (C=O) groups is 1. The van der Waals surface area contributed by atoms with E-state index < -0.39 is 0 Å². The topological polar surface area (TPSA) is 96.5 Å². The fourth-order valence-electron chi connectivity index (χ4n) is 5.95. The largest absolute Gasteiger partial charge is 0.462 e. The number of aromatic nitrogens is 4. The molecular weight excluding hydrogens is 480 g/mol. The second-order valence-electron chi connectivity index (χ2n) is 10.5. The molecule has 1 atom stereocenters. The van der Waals surface area contributed by atoms with Crippen molar-refractivity contribution in [2.45, 2.75) is 51.0 Å². The van der Waals surface area contributed by atoms with Crippen LogP contribution in [0.3, 0.4) is 0 Å². The van der Waals surface area contributed by atoms with Gasteiger partial charge in [-0.3, -0.25) is 9.89 Å². The molecule has 3 aliphatic rings. The van der Waals surface area contributed by atoms with E-state index >= 15 is 0 Å². The van der Waals surface area contributed by atoms with Crippen molar-refractivity contribution in [1.29, 1.82) is 0 Å². The van der Waals surface area contributed by atoms with Gasteiger partial charge in [0, 0.05) is 48.0 Å². The summed E-state index contributed by atoms with van der Waals surface area (Å²) < 4.78 is 12.7. The van der Waals surface area contributed by atoms with Gasteiger partial charge in [-0.15, -0.1) is 0 Å². The highest BCUT2D eigenvalue weighted by atomic mass is 16.5.